The summed E-state index contributed by atoms with van der Waals surface area (Å²) in [5, 5.41) is 6.88. The number of guanidine groups is 1. The standard InChI is InChI=1S/C22H33F3N4O/c1-2-26-21(28-19-11-12-29(14-19)20-5-3-4-6-20)27-13-17-7-9-18(10-8-17)15-30-16-22(23,24)25/h7-10,19-20H,2-6,11-16H2,1H3,(H2,26,27,28). The molecule has 1 heterocycles. The Kier molecular flexibility index (Phi) is 8.39. The Morgan fingerprint density at radius 1 is 1.13 bits per heavy atom. The average Bonchev–Trinajstić information content (AvgIpc) is 3.38. The summed E-state index contributed by atoms with van der Waals surface area (Å²) in [6, 6.07) is 8.52. The molecule has 0 bridgehead atoms. The molecule has 1 aliphatic carbocycles. The molecule has 1 aliphatic heterocycles. The maximum absolute atomic E-state index is 12.2. The monoisotopic (exact) mass is 426 g/mol. The summed E-state index contributed by atoms with van der Waals surface area (Å²) in [6.45, 7) is 4.30. The first-order valence-electron chi connectivity index (χ1n) is 10.9. The van der Waals surface area contributed by atoms with Crippen molar-refractivity contribution in [2.75, 3.05) is 26.2 Å². The van der Waals surface area contributed by atoms with Crippen molar-refractivity contribution in [3.63, 3.8) is 0 Å². The molecule has 168 valence electrons. The van der Waals surface area contributed by atoms with Gasteiger partial charge in [-0.25, -0.2) is 4.99 Å². The number of likely N-dealkylation sites (tertiary alicyclic amines) is 1. The van der Waals surface area contributed by atoms with E-state index in [-0.39, 0.29) is 6.61 Å². The molecule has 1 atom stereocenters. The molecule has 2 aliphatic rings. The smallest absolute Gasteiger partial charge is 0.367 e. The molecule has 2 N–H and O–H groups in total. The maximum Gasteiger partial charge on any atom is 0.411 e. The SMILES string of the molecule is CCNC(=NCc1ccc(COCC(F)(F)F)cc1)NC1CCN(C2CCCC2)C1. The largest absolute Gasteiger partial charge is 0.411 e. The van der Waals surface area contributed by atoms with E-state index in [0.717, 1.165) is 49.2 Å². The lowest BCUT2D eigenvalue weighted by molar-refractivity contribution is -0.176. The molecule has 30 heavy (non-hydrogen) atoms. The summed E-state index contributed by atoms with van der Waals surface area (Å²) in [6.07, 6.45) is 2.22. The number of rotatable bonds is 8. The van der Waals surface area contributed by atoms with E-state index in [2.05, 4.69) is 20.5 Å². The van der Waals surface area contributed by atoms with E-state index >= 15 is 0 Å². The molecule has 0 amide bonds. The summed E-state index contributed by atoms with van der Waals surface area (Å²) in [7, 11) is 0. The van der Waals surface area contributed by atoms with Gasteiger partial charge in [0, 0.05) is 31.7 Å². The number of hydrogen-bond acceptors (Lipinski definition) is 3. The zero-order chi connectivity index (χ0) is 21.4. The minimum absolute atomic E-state index is 0.0492. The molecule has 1 aromatic rings. The molecule has 1 saturated heterocycles. The molecule has 1 unspecified atom stereocenters. The highest BCUT2D eigenvalue weighted by Gasteiger charge is 2.30. The number of benzene rings is 1. The molecule has 1 saturated carbocycles. The number of halogens is 3. The molecular formula is C22H33F3N4O. The predicted molar refractivity (Wildman–Crippen MR) is 112 cm³/mol. The van der Waals surface area contributed by atoms with E-state index in [1.807, 2.05) is 19.1 Å². The zero-order valence-electron chi connectivity index (χ0n) is 17.7. The topological polar surface area (TPSA) is 48.9 Å². The van der Waals surface area contributed by atoms with Gasteiger partial charge in [-0.15, -0.1) is 0 Å². The lowest BCUT2D eigenvalue weighted by Gasteiger charge is -2.24. The number of aliphatic imine (C=N–C) groups is 1. The van der Waals surface area contributed by atoms with Gasteiger partial charge in [0.05, 0.1) is 13.2 Å². The Bertz CT molecular complexity index is 672. The minimum Gasteiger partial charge on any atom is -0.367 e. The minimum atomic E-state index is -4.29. The highest BCUT2D eigenvalue weighted by atomic mass is 19.4. The quantitative estimate of drug-likeness (QED) is 0.490. The van der Waals surface area contributed by atoms with Gasteiger partial charge in [-0.1, -0.05) is 37.1 Å². The van der Waals surface area contributed by atoms with Crippen molar-refractivity contribution in [1.82, 2.24) is 15.5 Å². The van der Waals surface area contributed by atoms with Crippen LogP contribution in [0.2, 0.25) is 0 Å². The third kappa shape index (κ3) is 7.47. The highest BCUT2D eigenvalue weighted by Crippen LogP contribution is 2.26. The third-order valence-corrected chi connectivity index (χ3v) is 5.72. The third-order valence-electron chi connectivity index (χ3n) is 5.72. The van der Waals surface area contributed by atoms with E-state index in [4.69, 9.17) is 4.74 Å². The number of alkyl halides is 3. The van der Waals surface area contributed by atoms with Crippen LogP contribution in [0.5, 0.6) is 0 Å². The van der Waals surface area contributed by atoms with Gasteiger partial charge in [0.15, 0.2) is 5.96 Å². The second kappa shape index (κ2) is 11.0. The van der Waals surface area contributed by atoms with Crippen molar-refractivity contribution in [2.24, 2.45) is 4.99 Å². The first-order valence-corrected chi connectivity index (χ1v) is 10.9. The maximum atomic E-state index is 12.2. The number of hydrogen-bond donors (Lipinski definition) is 2. The van der Waals surface area contributed by atoms with Gasteiger partial charge >= 0.3 is 6.18 Å². The van der Waals surface area contributed by atoms with Crippen LogP contribution < -0.4 is 10.6 Å². The van der Waals surface area contributed by atoms with Crippen LogP contribution in [0, 0.1) is 0 Å². The normalized spacial score (nSPS) is 21.3. The summed E-state index contributed by atoms with van der Waals surface area (Å²) < 4.78 is 41.2. The van der Waals surface area contributed by atoms with E-state index in [0.29, 0.717) is 12.6 Å². The zero-order valence-corrected chi connectivity index (χ0v) is 17.7. The Morgan fingerprint density at radius 3 is 2.50 bits per heavy atom. The molecule has 3 rings (SSSR count). The molecule has 5 nitrogen and oxygen atoms in total. The van der Waals surface area contributed by atoms with Crippen molar-refractivity contribution >= 4 is 5.96 Å². The lowest BCUT2D eigenvalue weighted by Crippen LogP contribution is -2.45. The average molecular weight is 427 g/mol. The first-order chi connectivity index (χ1) is 14.4. The van der Waals surface area contributed by atoms with Crippen molar-refractivity contribution < 1.29 is 17.9 Å². The summed E-state index contributed by atoms with van der Waals surface area (Å²) in [4.78, 5) is 7.31. The van der Waals surface area contributed by atoms with Gasteiger partial charge < -0.3 is 15.4 Å². The Labute approximate surface area is 177 Å². The van der Waals surface area contributed by atoms with Crippen LogP contribution in [0.3, 0.4) is 0 Å². The van der Waals surface area contributed by atoms with Gasteiger partial charge in [0.1, 0.15) is 6.61 Å². The number of nitrogens with zero attached hydrogens (tertiary/aromatic N) is 2. The van der Waals surface area contributed by atoms with E-state index in [9.17, 15) is 13.2 Å². The Balaban J connectivity index is 1.47. The van der Waals surface area contributed by atoms with E-state index in [1.54, 1.807) is 12.1 Å². The van der Waals surface area contributed by atoms with Crippen molar-refractivity contribution in [2.45, 2.75) is 70.4 Å². The van der Waals surface area contributed by atoms with Crippen molar-refractivity contribution in [3.8, 4) is 0 Å². The molecular weight excluding hydrogens is 393 g/mol. The molecule has 0 radical (unpaired) electrons. The fourth-order valence-electron chi connectivity index (χ4n) is 4.22. The van der Waals surface area contributed by atoms with E-state index in [1.165, 1.54) is 25.7 Å². The Morgan fingerprint density at radius 2 is 1.83 bits per heavy atom. The second-order valence-electron chi connectivity index (χ2n) is 8.18. The van der Waals surface area contributed by atoms with Crippen molar-refractivity contribution in [3.05, 3.63) is 35.4 Å². The predicted octanol–water partition coefficient (Wildman–Crippen LogP) is 3.84. The van der Waals surface area contributed by atoms with E-state index < -0.39 is 12.8 Å². The first kappa shape index (κ1) is 22.9. The number of ether oxygens (including phenoxy) is 1. The molecule has 0 aromatic heterocycles. The van der Waals surface area contributed by atoms with Gasteiger partial charge in [-0.2, -0.15) is 13.2 Å². The van der Waals surface area contributed by atoms with Gasteiger partial charge in [0.25, 0.3) is 0 Å². The molecule has 2 fully saturated rings. The van der Waals surface area contributed by atoms with Crippen LogP contribution in [-0.2, 0) is 17.9 Å². The summed E-state index contributed by atoms with van der Waals surface area (Å²) in [5.41, 5.74) is 1.72. The van der Waals surface area contributed by atoms with Crippen LogP contribution in [0.1, 0.15) is 50.2 Å². The molecule has 0 spiro atoms. The van der Waals surface area contributed by atoms with Gasteiger partial charge in [-0.3, -0.25) is 4.90 Å². The molecule has 1 aromatic carbocycles. The van der Waals surface area contributed by atoms with Gasteiger partial charge in [-0.05, 0) is 37.3 Å². The van der Waals surface area contributed by atoms with Crippen LogP contribution in [0.4, 0.5) is 13.2 Å². The van der Waals surface area contributed by atoms with Crippen LogP contribution in [-0.4, -0.2) is 55.4 Å². The Hall–Kier alpha value is -1.80. The highest BCUT2D eigenvalue weighted by molar-refractivity contribution is 5.80. The van der Waals surface area contributed by atoms with Gasteiger partial charge in [0.2, 0.25) is 0 Å². The van der Waals surface area contributed by atoms with Crippen LogP contribution >= 0.6 is 0 Å². The fourth-order valence-corrected chi connectivity index (χ4v) is 4.22. The van der Waals surface area contributed by atoms with Crippen molar-refractivity contribution in [1.29, 1.82) is 0 Å². The van der Waals surface area contributed by atoms with Crippen LogP contribution in [0.15, 0.2) is 29.3 Å². The second-order valence-corrected chi connectivity index (χ2v) is 8.18. The number of nitrogens with one attached hydrogen (secondary N) is 2. The fraction of sp³-hybridized carbons (Fsp3) is 0.682. The lowest BCUT2D eigenvalue weighted by atomic mass is 10.1. The summed E-state index contributed by atoms with van der Waals surface area (Å²) in [5.74, 6) is 0.813. The summed E-state index contributed by atoms with van der Waals surface area (Å²) >= 11 is 0. The van der Waals surface area contributed by atoms with Crippen LogP contribution in [0.25, 0.3) is 0 Å². The molecule has 8 heteroatoms.